The average molecular weight is 308 g/mol. The van der Waals surface area contributed by atoms with E-state index in [1.165, 1.54) is 45.1 Å². The first-order valence-corrected chi connectivity index (χ1v) is 8.79. The SMILES string of the molecule is OC(CCN1CCCC1C1CCCC1)c1ccc(Cl)cc1. The van der Waals surface area contributed by atoms with Crippen molar-refractivity contribution in [1.29, 1.82) is 0 Å². The van der Waals surface area contributed by atoms with Crippen molar-refractivity contribution < 1.29 is 5.11 Å². The van der Waals surface area contributed by atoms with Gasteiger partial charge in [0.05, 0.1) is 6.10 Å². The predicted octanol–water partition coefficient (Wildman–Crippen LogP) is 4.42. The van der Waals surface area contributed by atoms with Crippen molar-refractivity contribution in [2.45, 2.75) is 57.1 Å². The number of halogens is 1. The minimum absolute atomic E-state index is 0.368. The number of hydrogen-bond acceptors (Lipinski definition) is 2. The van der Waals surface area contributed by atoms with Gasteiger partial charge in [0.1, 0.15) is 0 Å². The Hall–Kier alpha value is -0.570. The average Bonchev–Trinajstić information content (AvgIpc) is 3.16. The molecule has 2 aliphatic rings. The fourth-order valence-corrected chi connectivity index (χ4v) is 4.27. The summed E-state index contributed by atoms with van der Waals surface area (Å²) in [6.45, 7) is 2.24. The molecule has 2 unspecified atom stereocenters. The molecule has 1 aromatic carbocycles. The highest BCUT2D eigenvalue weighted by atomic mass is 35.5. The summed E-state index contributed by atoms with van der Waals surface area (Å²) in [6.07, 6.45) is 8.82. The molecule has 0 amide bonds. The molecule has 2 nitrogen and oxygen atoms in total. The molecular formula is C18H26ClNO. The topological polar surface area (TPSA) is 23.5 Å². The van der Waals surface area contributed by atoms with Crippen LogP contribution in [0.1, 0.15) is 56.6 Å². The van der Waals surface area contributed by atoms with E-state index in [0.29, 0.717) is 0 Å². The van der Waals surface area contributed by atoms with Gasteiger partial charge >= 0.3 is 0 Å². The Morgan fingerprint density at radius 1 is 1.10 bits per heavy atom. The first-order chi connectivity index (χ1) is 10.2. The Morgan fingerprint density at radius 2 is 1.81 bits per heavy atom. The minimum Gasteiger partial charge on any atom is -0.388 e. The molecule has 1 aromatic rings. The number of aliphatic hydroxyl groups excluding tert-OH is 1. The van der Waals surface area contributed by atoms with Crippen LogP contribution < -0.4 is 0 Å². The van der Waals surface area contributed by atoms with Crippen LogP contribution >= 0.6 is 11.6 Å². The Labute approximate surface area is 133 Å². The maximum atomic E-state index is 10.4. The Morgan fingerprint density at radius 3 is 2.52 bits per heavy atom. The molecule has 0 spiro atoms. The molecule has 2 fully saturated rings. The molecule has 1 aliphatic carbocycles. The monoisotopic (exact) mass is 307 g/mol. The molecule has 0 aromatic heterocycles. The van der Waals surface area contributed by atoms with Gasteiger partial charge in [0.25, 0.3) is 0 Å². The first-order valence-electron chi connectivity index (χ1n) is 8.41. The fourth-order valence-electron chi connectivity index (χ4n) is 4.15. The summed E-state index contributed by atoms with van der Waals surface area (Å²) < 4.78 is 0. The molecule has 1 aliphatic heterocycles. The van der Waals surface area contributed by atoms with Gasteiger partial charge in [-0.15, -0.1) is 0 Å². The highest BCUT2D eigenvalue weighted by Crippen LogP contribution is 2.35. The van der Waals surface area contributed by atoms with E-state index in [0.717, 1.165) is 35.5 Å². The summed E-state index contributed by atoms with van der Waals surface area (Å²) in [4.78, 5) is 2.63. The second-order valence-electron chi connectivity index (χ2n) is 6.65. The number of nitrogens with zero attached hydrogens (tertiary/aromatic N) is 1. The molecule has 1 saturated heterocycles. The molecule has 1 heterocycles. The number of benzene rings is 1. The first kappa shape index (κ1) is 15.3. The van der Waals surface area contributed by atoms with Crippen molar-refractivity contribution in [3.05, 3.63) is 34.9 Å². The standard InChI is InChI=1S/C18H26ClNO/c19-16-9-7-15(8-10-16)18(21)11-13-20-12-3-6-17(20)14-4-1-2-5-14/h7-10,14,17-18,21H,1-6,11-13H2. The van der Waals surface area contributed by atoms with Crippen molar-refractivity contribution in [1.82, 2.24) is 4.90 Å². The van der Waals surface area contributed by atoms with Crippen LogP contribution in [0.15, 0.2) is 24.3 Å². The lowest BCUT2D eigenvalue weighted by Crippen LogP contribution is -2.35. The Kier molecular flexibility index (Phi) is 5.20. The van der Waals surface area contributed by atoms with Gasteiger partial charge in [-0.1, -0.05) is 36.6 Å². The van der Waals surface area contributed by atoms with E-state index >= 15 is 0 Å². The van der Waals surface area contributed by atoms with E-state index in [9.17, 15) is 5.11 Å². The highest BCUT2D eigenvalue weighted by Gasteiger charge is 2.33. The Bertz CT molecular complexity index is 441. The summed E-state index contributed by atoms with van der Waals surface area (Å²) in [5.41, 5.74) is 0.982. The van der Waals surface area contributed by atoms with E-state index in [2.05, 4.69) is 4.90 Å². The Balaban J connectivity index is 1.52. The van der Waals surface area contributed by atoms with E-state index in [1.54, 1.807) is 0 Å². The maximum Gasteiger partial charge on any atom is 0.0802 e. The summed E-state index contributed by atoms with van der Waals surface area (Å²) in [5, 5.41) is 11.1. The van der Waals surface area contributed by atoms with Crippen LogP contribution in [-0.4, -0.2) is 29.1 Å². The van der Waals surface area contributed by atoms with E-state index < -0.39 is 0 Å². The lowest BCUT2D eigenvalue weighted by molar-refractivity contribution is 0.124. The van der Waals surface area contributed by atoms with Crippen molar-refractivity contribution in [2.75, 3.05) is 13.1 Å². The van der Waals surface area contributed by atoms with Gasteiger partial charge in [-0.05, 0) is 62.3 Å². The minimum atomic E-state index is -0.368. The second-order valence-corrected chi connectivity index (χ2v) is 7.08. The van der Waals surface area contributed by atoms with E-state index in [4.69, 9.17) is 11.6 Å². The zero-order chi connectivity index (χ0) is 14.7. The van der Waals surface area contributed by atoms with Crippen LogP contribution in [0.3, 0.4) is 0 Å². The van der Waals surface area contributed by atoms with Gasteiger partial charge in [-0.3, -0.25) is 0 Å². The van der Waals surface area contributed by atoms with Crippen LogP contribution in [0.25, 0.3) is 0 Å². The molecule has 1 N–H and O–H groups in total. The van der Waals surface area contributed by atoms with E-state index in [1.807, 2.05) is 24.3 Å². The third kappa shape index (κ3) is 3.80. The van der Waals surface area contributed by atoms with Gasteiger partial charge in [0.15, 0.2) is 0 Å². The fraction of sp³-hybridized carbons (Fsp3) is 0.667. The quantitative estimate of drug-likeness (QED) is 0.870. The van der Waals surface area contributed by atoms with Crippen LogP contribution in [-0.2, 0) is 0 Å². The van der Waals surface area contributed by atoms with E-state index in [-0.39, 0.29) is 6.10 Å². The number of hydrogen-bond donors (Lipinski definition) is 1. The maximum absolute atomic E-state index is 10.4. The largest absolute Gasteiger partial charge is 0.388 e. The van der Waals surface area contributed by atoms with Crippen molar-refractivity contribution in [3.8, 4) is 0 Å². The molecule has 1 saturated carbocycles. The molecule has 0 radical (unpaired) electrons. The van der Waals surface area contributed by atoms with Gasteiger partial charge in [-0.25, -0.2) is 0 Å². The summed E-state index contributed by atoms with van der Waals surface area (Å²) >= 11 is 5.90. The van der Waals surface area contributed by atoms with Crippen molar-refractivity contribution in [3.63, 3.8) is 0 Å². The third-order valence-electron chi connectivity index (χ3n) is 5.30. The van der Waals surface area contributed by atoms with Gasteiger partial charge < -0.3 is 10.0 Å². The zero-order valence-electron chi connectivity index (χ0n) is 12.7. The second kappa shape index (κ2) is 7.13. The van der Waals surface area contributed by atoms with Gasteiger partial charge in [0, 0.05) is 17.6 Å². The molecule has 0 bridgehead atoms. The third-order valence-corrected chi connectivity index (χ3v) is 5.55. The van der Waals surface area contributed by atoms with Crippen LogP contribution in [0.2, 0.25) is 5.02 Å². The molecule has 3 heteroatoms. The van der Waals surface area contributed by atoms with Crippen molar-refractivity contribution >= 4 is 11.6 Å². The van der Waals surface area contributed by atoms with Crippen LogP contribution in [0.4, 0.5) is 0 Å². The normalized spacial score (nSPS) is 25.5. The molecule has 3 rings (SSSR count). The molecular weight excluding hydrogens is 282 g/mol. The van der Waals surface area contributed by atoms with Crippen LogP contribution in [0, 0.1) is 5.92 Å². The van der Waals surface area contributed by atoms with Gasteiger partial charge in [0.2, 0.25) is 0 Å². The lowest BCUT2D eigenvalue weighted by atomic mass is 9.95. The summed E-state index contributed by atoms with van der Waals surface area (Å²) in [6, 6.07) is 8.37. The molecule has 116 valence electrons. The highest BCUT2D eigenvalue weighted by molar-refractivity contribution is 6.30. The smallest absolute Gasteiger partial charge is 0.0802 e. The zero-order valence-corrected chi connectivity index (χ0v) is 13.4. The molecule has 2 atom stereocenters. The number of likely N-dealkylation sites (tertiary alicyclic amines) is 1. The molecule has 21 heavy (non-hydrogen) atoms. The van der Waals surface area contributed by atoms with Gasteiger partial charge in [-0.2, -0.15) is 0 Å². The summed E-state index contributed by atoms with van der Waals surface area (Å²) in [5.74, 6) is 0.917. The van der Waals surface area contributed by atoms with Crippen molar-refractivity contribution in [2.24, 2.45) is 5.92 Å². The predicted molar refractivity (Wildman–Crippen MR) is 87.6 cm³/mol. The number of rotatable bonds is 5. The van der Waals surface area contributed by atoms with Crippen LogP contribution in [0.5, 0.6) is 0 Å². The number of aliphatic hydroxyl groups is 1. The summed E-state index contributed by atoms with van der Waals surface area (Å²) in [7, 11) is 0. The lowest BCUT2D eigenvalue weighted by Gasteiger charge is -2.30.